The molecule has 1 saturated heterocycles. The molecule has 0 bridgehead atoms. The summed E-state index contributed by atoms with van der Waals surface area (Å²) < 4.78 is 22.6. The van der Waals surface area contributed by atoms with Crippen LogP contribution in [0.4, 0.5) is 4.39 Å². The van der Waals surface area contributed by atoms with Gasteiger partial charge in [0.15, 0.2) is 17.3 Å². The number of aromatic nitrogens is 6. The minimum atomic E-state index is -0.348. The second-order valence-corrected chi connectivity index (χ2v) is 8.22. The van der Waals surface area contributed by atoms with E-state index in [1.807, 2.05) is 30.3 Å². The van der Waals surface area contributed by atoms with Crippen LogP contribution in [0, 0.1) is 5.82 Å². The molecule has 6 rings (SSSR count). The van der Waals surface area contributed by atoms with E-state index in [0.717, 1.165) is 18.4 Å². The van der Waals surface area contributed by atoms with Crippen LogP contribution in [0.1, 0.15) is 24.4 Å². The van der Waals surface area contributed by atoms with E-state index < -0.39 is 0 Å². The fourth-order valence-electron chi connectivity index (χ4n) is 4.47. The van der Waals surface area contributed by atoms with Crippen molar-refractivity contribution in [3.05, 3.63) is 76.6 Å². The van der Waals surface area contributed by atoms with Crippen molar-refractivity contribution in [3.8, 4) is 11.6 Å². The maximum absolute atomic E-state index is 13.6. The average molecular weight is 444 g/mol. The molecular formula is C24H21FN6O2. The van der Waals surface area contributed by atoms with E-state index in [4.69, 9.17) is 9.72 Å². The number of nitrogens with zero attached hydrogens (tertiary/aromatic N) is 5. The molecule has 0 spiro atoms. The van der Waals surface area contributed by atoms with Gasteiger partial charge in [-0.3, -0.25) is 9.13 Å². The topological polar surface area (TPSA) is 90.6 Å². The number of nitrogens with one attached hydrogen (secondary N) is 1. The maximum atomic E-state index is 13.6. The van der Waals surface area contributed by atoms with E-state index in [2.05, 4.69) is 15.0 Å². The molecule has 0 radical (unpaired) electrons. The van der Waals surface area contributed by atoms with E-state index in [-0.39, 0.29) is 17.5 Å². The van der Waals surface area contributed by atoms with Gasteiger partial charge in [-0.05, 0) is 36.6 Å². The van der Waals surface area contributed by atoms with E-state index in [1.165, 1.54) is 12.1 Å². The monoisotopic (exact) mass is 444 g/mol. The number of rotatable bonds is 4. The van der Waals surface area contributed by atoms with Crippen molar-refractivity contribution >= 4 is 22.2 Å². The standard InChI is InChI=1S/C24H21FN6O2/c25-16-6-7-18-19(12-16)28-22(27-18)21-26-13-20-23(29-21)30(14-15-4-2-1-3-5-15)24(32)31(20)17-8-10-33-11-9-17/h1-7,12-13,17H,8-11,14H2,(H,27,28). The van der Waals surface area contributed by atoms with Gasteiger partial charge in [0.1, 0.15) is 11.3 Å². The molecule has 1 aliphatic rings. The highest BCUT2D eigenvalue weighted by atomic mass is 19.1. The lowest BCUT2D eigenvalue weighted by Crippen LogP contribution is -2.31. The van der Waals surface area contributed by atoms with Gasteiger partial charge in [-0.25, -0.2) is 24.1 Å². The molecule has 8 nitrogen and oxygen atoms in total. The van der Waals surface area contributed by atoms with Crippen molar-refractivity contribution in [2.45, 2.75) is 25.4 Å². The smallest absolute Gasteiger partial charge is 0.330 e. The van der Waals surface area contributed by atoms with E-state index in [1.54, 1.807) is 21.4 Å². The highest BCUT2D eigenvalue weighted by Gasteiger charge is 2.24. The van der Waals surface area contributed by atoms with Gasteiger partial charge in [0.25, 0.3) is 0 Å². The number of benzene rings is 2. The molecule has 3 aromatic heterocycles. The van der Waals surface area contributed by atoms with Crippen LogP contribution in [-0.4, -0.2) is 42.3 Å². The van der Waals surface area contributed by atoms with Gasteiger partial charge in [-0.2, -0.15) is 0 Å². The van der Waals surface area contributed by atoms with Crippen LogP contribution in [0.5, 0.6) is 0 Å². The van der Waals surface area contributed by atoms with Gasteiger partial charge in [0.05, 0.1) is 23.8 Å². The summed E-state index contributed by atoms with van der Waals surface area (Å²) in [6.07, 6.45) is 3.21. The Hall–Kier alpha value is -3.85. The molecule has 0 amide bonds. The van der Waals surface area contributed by atoms with Crippen LogP contribution in [0.25, 0.3) is 33.8 Å². The lowest BCUT2D eigenvalue weighted by Gasteiger charge is -2.23. The molecule has 1 N–H and O–H groups in total. The van der Waals surface area contributed by atoms with Crippen molar-refractivity contribution in [1.29, 1.82) is 0 Å². The summed E-state index contributed by atoms with van der Waals surface area (Å²) >= 11 is 0. The summed E-state index contributed by atoms with van der Waals surface area (Å²) in [5, 5.41) is 0. The highest BCUT2D eigenvalue weighted by molar-refractivity contribution is 5.79. The number of H-pyrrole nitrogens is 1. The number of ether oxygens (including phenoxy) is 1. The Kier molecular flexibility index (Phi) is 4.76. The molecule has 9 heteroatoms. The Labute approximate surface area is 187 Å². The molecule has 33 heavy (non-hydrogen) atoms. The van der Waals surface area contributed by atoms with E-state index >= 15 is 0 Å². The molecule has 4 heterocycles. The molecule has 5 aromatic rings. The predicted octanol–water partition coefficient (Wildman–Crippen LogP) is 3.68. The Morgan fingerprint density at radius 1 is 1.09 bits per heavy atom. The van der Waals surface area contributed by atoms with Crippen LogP contribution >= 0.6 is 0 Å². The lowest BCUT2D eigenvalue weighted by atomic mass is 10.1. The first-order valence-corrected chi connectivity index (χ1v) is 10.9. The molecule has 0 saturated carbocycles. The summed E-state index contributed by atoms with van der Waals surface area (Å²) in [4.78, 5) is 30.4. The third-order valence-electron chi connectivity index (χ3n) is 6.10. The van der Waals surface area contributed by atoms with Gasteiger partial charge in [0.2, 0.25) is 0 Å². The zero-order chi connectivity index (χ0) is 22.4. The number of halogens is 1. The number of aromatic amines is 1. The zero-order valence-electron chi connectivity index (χ0n) is 17.7. The summed E-state index contributed by atoms with van der Waals surface area (Å²) in [5.74, 6) is 0.430. The van der Waals surface area contributed by atoms with Crippen molar-refractivity contribution in [1.82, 2.24) is 29.1 Å². The number of hydrogen-bond acceptors (Lipinski definition) is 5. The molecule has 2 aromatic carbocycles. The maximum Gasteiger partial charge on any atom is 0.330 e. The normalized spacial score (nSPS) is 14.9. The van der Waals surface area contributed by atoms with Gasteiger partial charge in [-0.15, -0.1) is 0 Å². The van der Waals surface area contributed by atoms with Gasteiger partial charge in [-0.1, -0.05) is 30.3 Å². The van der Waals surface area contributed by atoms with Crippen LogP contribution in [0.3, 0.4) is 0 Å². The quantitative estimate of drug-likeness (QED) is 0.457. The Bertz CT molecular complexity index is 1520. The summed E-state index contributed by atoms with van der Waals surface area (Å²) in [6, 6.07) is 14.2. The number of hydrogen-bond donors (Lipinski definition) is 1. The fourth-order valence-corrected chi connectivity index (χ4v) is 4.47. The fraction of sp³-hybridized carbons (Fsp3) is 0.250. The molecule has 0 atom stereocenters. The van der Waals surface area contributed by atoms with Crippen molar-refractivity contribution < 1.29 is 9.13 Å². The first-order valence-electron chi connectivity index (χ1n) is 10.9. The Balaban J connectivity index is 1.52. The van der Waals surface area contributed by atoms with Crippen LogP contribution in [-0.2, 0) is 11.3 Å². The van der Waals surface area contributed by atoms with Crippen molar-refractivity contribution in [2.24, 2.45) is 0 Å². The largest absolute Gasteiger partial charge is 0.381 e. The molecule has 1 fully saturated rings. The lowest BCUT2D eigenvalue weighted by molar-refractivity contribution is 0.0696. The first-order chi connectivity index (χ1) is 16.2. The van der Waals surface area contributed by atoms with Crippen molar-refractivity contribution in [2.75, 3.05) is 13.2 Å². The second-order valence-electron chi connectivity index (χ2n) is 8.22. The van der Waals surface area contributed by atoms with Crippen molar-refractivity contribution in [3.63, 3.8) is 0 Å². The van der Waals surface area contributed by atoms with E-state index in [0.29, 0.717) is 53.6 Å². The molecular weight excluding hydrogens is 423 g/mol. The van der Waals surface area contributed by atoms with Crippen LogP contribution in [0.15, 0.2) is 59.5 Å². The zero-order valence-corrected chi connectivity index (χ0v) is 17.7. The average Bonchev–Trinajstić information content (AvgIpc) is 3.38. The summed E-state index contributed by atoms with van der Waals surface area (Å²) in [7, 11) is 0. The third kappa shape index (κ3) is 3.50. The predicted molar refractivity (Wildman–Crippen MR) is 121 cm³/mol. The summed E-state index contributed by atoms with van der Waals surface area (Å²) in [6.45, 7) is 1.64. The number of imidazole rings is 2. The Morgan fingerprint density at radius 3 is 2.73 bits per heavy atom. The van der Waals surface area contributed by atoms with Crippen LogP contribution in [0.2, 0.25) is 0 Å². The third-order valence-corrected chi connectivity index (χ3v) is 6.10. The van der Waals surface area contributed by atoms with Gasteiger partial charge >= 0.3 is 5.69 Å². The Morgan fingerprint density at radius 2 is 1.91 bits per heavy atom. The molecule has 0 unspecified atom stereocenters. The van der Waals surface area contributed by atoms with Gasteiger partial charge < -0.3 is 9.72 Å². The van der Waals surface area contributed by atoms with Gasteiger partial charge in [0, 0.05) is 19.3 Å². The first kappa shape index (κ1) is 19.8. The molecule has 0 aliphatic carbocycles. The number of fused-ring (bicyclic) bond motifs is 2. The van der Waals surface area contributed by atoms with E-state index in [9.17, 15) is 9.18 Å². The second kappa shape index (κ2) is 7.93. The molecule has 1 aliphatic heterocycles. The summed E-state index contributed by atoms with van der Waals surface area (Å²) in [5.41, 5.74) is 3.32. The highest BCUT2D eigenvalue weighted by Crippen LogP contribution is 2.26. The SMILES string of the molecule is O=c1n(Cc2ccccc2)c2nc(-c3nc4ccc(F)cc4[nH]3)ncc2n1C1CCOCC1. The minimum Gasteiger partial charge on any atom is -0.381 e. The minimum absolute atomic E-state index is 0.0365. The molecule has 166 valence electrons. The van der Waals surface area contributed by atoms with Crippen LogP contribution < -0.4 is 5.69 Å².